The number of rotatable bonds is 3. The highest BCUT2D eigenvalue weighted by Gasteiger charge is 2.35. The zero-order valence-electron chi connectivity index (χ0n) is 13.5. The van der Waals surface area contributed by atoms with Crippen LogP contribution in [0.4, 0.5) is 24.5 Å². The number of nitrogens with two attached hydrogens (primary N) is 1. The van der Waals surface area contributed by atoms with Gasteiger partial charge in [-0.05, 0) is 37.3 Å². The van der Waals surface area contributed by atoms with E-state index in [-0.39, 0.29) is 16.9 Å². The number of nitrogens with zero attached hydrogens (tertiary/aromatic N) is 3. The molecule has 1 heterocycles. The molecule has 9 heteroatoms. The summed E-state index contributed by atoms with van der Waals surface area (Å²) in [4.78, 5) is 10.6. The number of anilines is 1. The fraction of sp³-hybridized carbons (Fsp3) is 0.118. The third-order valence-electron chi connectivity index (χ3n) is 3.84. The lowest BCUT2D eigenvalue weighted by atomic mass is 10.1. The Kier molecular flexibility index (Phi) is 4.15. The second-order valence-corrected chi connectivity index (χ2v) is 5.67. The highest BCUT2D eigenvalue weighted by atomic mass is 19.4. The van der Waals surface area contributed by atoms with Crippen LogP contribution in [0.1, 0.15) is 11.3 Å². The third-order valence-corrected chi connectivity index (χ3v) is 3.84. The van der Waals surface area contributed by atoms with Gasteiger partial charge in [0, 0.05) is 22.9 Å². The lowest BCUT2D eigenvalue weighted by Gasteiger charge is -2.08. The molecular formula is C17H13F3N4O2. The molecule has 2 N–H and O–H groups in total. The molecule has 0 unspecified atom stereocenters. The number of nitro groups is 1. The summed E-state index contributed by atoms with van der Waals surface area (Å²) in [6.45, 7) is 1.56. The topological polar surface area (TPSA) is 87.0 Å². The number of hydrogen-bond acceptors (Lipinski definition) is 4. The summed E-state index contributed by atoms with van der Waals surface area (Å²) in [6.07, 6.45) is -4.65. The first-order valence-corrected chi connectivity index (χ1v) is 7.45. The van der Waals surface area contributed by atoms with Crippen molar-refractivity contribution >= 4 is 11.4 Å². The summed E-state index contributed by atoms with van der Waals surface area (Å²) < 4.78 is 40.5. The van der Waals surface area contributed by atoms with Crippen LogP contribution < -0.4 is 5.73 Å². The van der Waals surface area contributed by atoms with E-state index in [4.69, 9.17) is 5.73 Å². The van der Waals surface area contributed by atoms with Gasteiger partial charge in [-0.25, -0.2) is 4.68 Å². The minimum absolute atomic E-state index is 0.0881. The Morgan fingerprint density at radius 3 is 2.35 bits per heavy atom. The molecule has 0 atom stereocenters. The first kappa shape index (κ1) is 17.5. The predicted molar refractivity (Wildman–Crippen MR) is 89.8 cm³/mol. The molecule has 0 bridgehead atoms. The monoisotopic (exact) mass is 362 g/mol. The number of aromatic nitrogens is 2. The lowest BCUT2D eigenvalue weighted by Crippen LogP contribution is -2.07. The van der Waals surface area contributed by atoms with E-state index in [2.05, 4.69) is 5.10 Å². The standard InChI is InChI=1S/C17H13F3N4O2/c1-10-2-3-11(8-14(10)24(25)26)15-9-16(17(18,19)20)22-23(15)13-6-4-12(21)5-7-13/h2-9H,21H2,1H3. The van der Waals surface area contributed by atoms with Gasteiger partial charge in [-0.15, -0.1) is 0 Å². The third kappa shape index (κ3) is 3.23. The van der Waals surface area contributed by atoms with Crippen LogP contribution in [0.5, 0.6) is 0 Å². The first-order valence-electron chi connectivity index (χ1n) is 7.45. The Morgan fingerprint density at radius 1 is 1.12 bits per heavy atom. The number of alkyl halides is 3. The number of nitrogen functional groups attached to an aromatic ring is 1. The fourth-order valence-corrected chi connectivity index (χ4v) is 2.50. The van der Waals surface area contributed by atoms with Gasteiger partial charge in [-0.2, -0.15) is 18.3 Å². The van der Waals surface area contributed by atoms with Crippen molar-refractivity contribution in [1.29, 1.82) is 0 Å². The molecule has 0 aliphatic heterocycles. The maximum atomic E-state index is 13.1. The molecule has 134 valence electrons. The van der Waals surface area contributed by atoms with Crippen molar-refractivity contribution in [3.63, 3.8) is 0 Å². The summed E-state index contributed by atoms with van der Waals surface area (Å²) in [6, 6.07) is 11.2. The van der Waals surface area contributed by atoms with Gasteiger partial charge in [0.2, 0.25) is 0 Å². The first-order chi connectivity index (χ1) is 12.2. The van der Waals surface area contributed by atoms with Crippen molar-refractivity contribution in [2.45, 2.75) is 13.1 Å². The molecule has 0 aliphatic carbocycles. The smallest absolute Gasteiger partial charge is 0.399 e. The van der Waals surface area contributed by atoms with Crippen LogP contribution in [0.2, 0.25) is 0 Å². The van der Waals surface area contributed by atoms with Gasteiger partial charge < -0.3 is 5.73 Å². The Balaban J connectivity index is 2.23. The molecule has 26 heavy (non-hydrogen) atoms. The van der Waals surface area contributed by atoms with Crippen LogP contribution in [-0.4, -0.2) is 14.7 Å². The molecule has 0 aliphatic rings. The summed E-state index contributed by atoms with van der Waals surface area (Å²) >= 11 is 0. The van der Waals surface area contributed by atoms with Crippen LogP contribution in [0, 0.1) is 17.0 Å². The minimum Gasteiger partial charge on any atom is -0.399 e. The molecule has 0 radical (unpaired) electrons. The van der Waals surface area contributed by atoms with E-state index in [0.29, 0.717) is 16.9 Å². The van der Waals surface area contributed by atoms with Gasteiger partial charge in [0.25, 0.3) is 5.69 Å². The summed E-state index contributed by atoms with van der Waals surface area (Å²) in [5, 5.41) is 14.8. The second kappa shape index (κ2) is 6.17. The van der Waals surface area contributed by atoms with Crippen LogP contribution in [0.3, 0.4) is 0 Å². The number of aryl methyl sites for hydroxylation is 1. The Labute approximate surface area is 145 Å². The van der Waals surface area contributed by atoms with Crippen molar-refractivity contribution in [3.8, 4) is 16.9 Å². The van der Waals surface area contributed by atoms with E-state index < -0.39 is 16.8 Å². The van der Waals surface area contributed by atoms with E-state index in [1.165, 1.54) is 42.5 Å². The number of hydrogen-bond donors (Lipinski definition) is 1. The largest absolute Gasteiger partial charge is 0.435 e. The van der Waals surface area contributed by atoms with Gasteiger partial charge in [0.05, 0.1) is 16.3 Å². The molecule has 0 spiro atoms. The summed E-state index contributed by atoms with van der Waals surface area (Å²) in [7, 11) is 0. The van der Waals surface area contributed by atoms with E-state index in [9.17, 15) is 23.3 Å². The SMILES string of the molecule is Cc1ccc(-c2cc(C(F)(F)F)nn2-c2ccc(N)cc2)cc1[N+](=O)[O-]. The average molecular weight is 362 g/mol. The van der Waals surface area contributed by atoms with Gasteiger partial charge in [-0.3, -0.25) is 10.1 Å². The normalized spacial score (nSPS) is 11.5. The van der Waals surface area contributed by atoms with Crippen molar-refractivity contribution in [3.05, 3.63) is 69.9 Å². The van der Waals surface area contributed by atoms with Crippen molar-refractivity contribution in [1.82, 2.24) is 9.78 Å². The molecule has 1 aromatic heterocycles. The molecule has 2 aromatic carbocycles. The van der Waals surface area contributed by atoms with Gasteiger partial charge in [-0.1, -0.05) is 12.1 Å². The van der Waals surface area contributed by atoms with Crippen molar-refractivity contribution in [2.75, 3.05) is 5.73 Å². The Bertz CT molecular complexity index is 979. The highest BCUT2D eigenvalue weighted by Crippen LogP contribution is 2.34. The second-order valence-electron chi connectivity index (χ2n) is 5.67. The van der Waals surface area contributed by atoms with Gasteiger partial charge in [0.1, 0.15) is 0 Å². The number of nitro benzene ring substituents is 1. The molecule has 3 rings (SSSR count). The Hall–Kier alpha value is -3.36. The highest BCUT2D eigenvalue weighted by molar-refractivity contribution is 5.67. The minimum atomic E-state index is -4.65. The summed E-state index contributed by atoms with van der Waals surface area (Å²) in [5.74, 6) is 0. The quantitative estimate of drug-likeness (QED) is 0.426. The van der Waals surface area contributed by atoms with Crippen molar-refractivity contribution in [2.24, 2.45) is 0 Å². The fourth-order valence-electron chi connectivity index (χ4n) is 2.50. The maximum Gasteiger partial charge on any atom is 0.435 e. The number of halogens is 3. The zero-order valence-corrected chi connectivity index (χ0v) is 13.5. The Morgan fingerprint density at radius 2 is 1.77 bits per heavy atom. The molecule has 0 fully saturated rings. The molecule has 0 saturated heterocycles. The van der Waals surface area contributed by atoms with Crippen LogP contribution in [0.15, 0.2) is 48.5 Å². The lowest BCUT2D eigenvalue weighted by molar-refractivity contribution is -0.385. The molecule has 6 nitrogen and oxygen atoms in total. The van der Waals surface area contributed by atoms with E-state index in [1.54, 1.807) is 6.92 Å². The van der Waals surface area contributed by atoms with Crippen LogP contribution in [0.25, 0.3) is 16.9 Å². The molecule has 0 saturated carbocycles. The molecule has 0 amide bonds. The zero-order chi connectivity index (χ0) is 19.1. The molecular weight excluding hydrogens is 349 g/mol. The molecule has 3 aromatic rings. The van der Waals surface area contributed by atoms with Gasteiger partial charge >= 0.3 is 6.18 Å². The van der Waals surface area contributed by atoms with E-state index in [0.717, 1.165) is 10.7 Å². The van der Waals surface area contributed by atoms with Gasteiger partial charge in [0.15, 0.2) is 5.69 Å². The maximum absolute atomic E-state index is 13.1. The van der Waals surface area contributed by atoms with E-state index >= 15 is 0 Å². The summed E-state index contributed by atoms with van der Waals surface area (Å²) in [5.41, 5.74) is 5.90. The average Bonchev–Trinajstić information content (AvgIpc) is 3.01. The number of benzene rings is 2. The van der Waals surface area contributed by atoms with Crippen LogP contribution >= 0.6 is 0 Å². The van der Waals surface area contributed by atoms with E-state index in [1.807, 2.05) is 0 Å². The predicted octanol–water partition coefficient (Wildman–Crippen LogP) is 4.36. The van der Waals surface area contributed by atoms with Crippen molar-refractivity contribution < 1.29 is 18.1 Å². The van der Waals surface area contributed by atoms with Crippen LogP contribution in [-0.2, 0) is 6.18 Å².